The molecule has 1 aliphatic rings. The first-order valence-corrected chi connectivity index (χ1v) is 10.6. The Morgan fingerprint density at radius 2 is 2.00 bits per heavy atom. The van der Waals surface area contributed by atoms with Crippen LogP contribution in [0.3, 0.4) is 0 Å². The average molecular weight is 415 g/mol. The Morgan fingerprint density at radius 3 is 2.73 bits per heavy atom. The van der Waals surface area contributed by atoms with Crippen molar-refractivity contribution >= 4 is 5.91 Å². The molecule has 1 saturated heterocycles. The van der Waals surface area contributed by atoms with Gasteiger partial charge in [-0.3, -0.25) is 9.69 Å². The van der Waals surface area contributed by atoms with Gasteiger partial charge in [0.15, 0.2) is 0 Å². The number of nitrogens with one attached hydrogen (secondary N) is 1. The number of hydrogen-bond acceptors (Lipinski definition) is 4. The van der Waals surface area contributed by atoms with Crippen molar-refractivity contribution in [2.75, 3.05) is 33.4 Å². The summed E-state index contributed by atoms with van der Waals surface area (Å²) in [5, 5.41) is 3.00. The molecule has 1 unspecified atom stereocenters. The maximum atomic E-state index is 13.7. The van der Waals surface area contributed by atoms with Crippen LogP contribution < -0.4 is 10.1 Å². The van der Waals surface area contributed by atoms with E-state index in [9.17, 15) is 9.18 Å². The molecule has 6 heteroatoms. The molecule has 1 N–H and O–H groups in total. The van der Waals surface area contributed by atoms with Crippen LogP contribution in [0.1, 0.15) is 31.7 Å². The number of rotatable bonds is 9. The topological polar surface area (TPSA) is 50.8 Å². The van der Waals surface area contributed by atoms with Gasteiger partial charge in [-0.2, -0.15) is 0 Å². The molecule has 0 bridgehead atoms. The summed E-state index contributed by atoms with van der Waals surface area (Å²) >= 11 is 0. The highest BCUT2D eigenvalue weighted by Gasteiger charge is 2.28. The molecule has 0 aliphatic carbocycles. The number of methoxy groups -OCH3 is 1. The Balaban J connectivity index is 1.66. The number of nitrogens with zero attached hydrogens (tertiary/aromatic N) is 1. The van der Waals surface area contributed by atoms with Gasteiger partial charge < -0.3 is 14.8 Å². The van der Waals surface area contributed by atoms with Crippen LogP contribution in [0.25, 0.3) is 11.1 Å². The van der Waals surface area contributed by atoms with Crippen molar-refractivity contribution in [1.29, 1.82) is 0 Å². The van der Waals surface area contributed by atoms with Crippen LogP contribution in [0.5, 0.6) is 5.75 Å². The molecular weight excluding hydrogens is 383 g/mol. The summed E-state index contributed by atoms with van der Waals surface area (Å²) in [5.41, 5.74) is 2.76. The third-order valence-electron chi connectivity index (χ3n) is 5.48. The van der Waals surface area contributed by atoms with Gasteiger partial charge >= 0.3 is 0 Å². The maximum absolute atomic E-state index is 13.7. The van der Waals surface area contributed by atoms with Crippen molar-refractivity contribution in [3.05, 3.63) is 53.8 Å². The first kappa shape index (κ1) is 22.2. The van der Waals surface area contributed by atoms with E-state index in [0.29, 0.717) is 32.1 Å². The average Bonchev–Trinajstić information content (AvgIpc) is 2.77. The molecule has 1 fully saturated rings. The summed E-state index contributed by atoms with van der Waals surface area (Å²) in [7, 11) is 1.58. The fourth-order valence-electron chi connectivity index (χ4n) is 3.92. The molecular formula is C24H31FN2O3. The SMILES string of the molecule is CCOCCNC(=O)C1CCCCN1Cc1ccc(-c2cc(F)ccc2OC)cc1. The second-order valence-corrected chi connectivity index (χ2v) is 7.51. The second kappa shape index (κ2) is 11.1. The van der Waals surface area contributed by atoms with E-state index in [2.05, 4.69) is 10.2 Å². The smallest absolute Gasteiger partial charge is 0.237 e. The Kier molecular flexibility index (Phi) is 8.22. The van der Waals surface area contributed by atoms with E-state index in [4.69, 9.17) is 9.47 Å². The lowest BCUT2D eigenvalue weighted by Gasteiger charge is -2.34. The van der Waals surface area contributed by atoms with E-state index >= 15 is 0 Å². The molecule has 1 atom stereocenters. The van der Waals surface area contributed by atoms with Gasteiger partial charge in [-0.1, -0.05) is 30.7 Å². The van der Waals surface area contributed by atoms with Gasteiger partial charge in [0.05, 0.1) is 19.8 Å². The van der Waals surface area contributed by atoms with E-state index < -0.39 is 0 Å². The molecule has 3 rings (SSSR count). The summed E-state index contributed by atoms with van der Waals surface area (Å²) in [6.07, 6.45) is 3.04. The van der Waals surface area contributed by atoms with Crippen LogP contribution in [0, 0.1) is 5.82 Å². The third kappa shape index (κ3) is 5.80. The summed E-state index contributed by atoms with van der Waals surface area (Å²) in [6.45, 7) is 5.30. The third-order valence-corrected chi connectivity index (χ3v) is 5.48. The van der Waals surface area contributed by atoms with E-state index in [1.54, 1.807) is 13.2 Å². The molecule has 0 spiro atoms. The van der Waals surface area contributed by atoms with Gasteiger partial charge in [0.1, 0.15) is 11.6 Å². The zero-order chi connectivity index (χ0) is 21.3. The van der Waals surface area contributed by atoms with Crippen LogP contribution in [-0.2, 0) is 16.1 Å². The summed E-state index contributed by atoms with van der Waals surface area (Å²) in [4.78, 5) is 14.9. The van der Waals surface area contributed by atoms with Crippen LogP contribution in [0.15, 0.2) is 42.5 Å². The number of piperidine rings is 1. The van der Waals surface area contributed by atoms with E-state index in [-0.39, 0.29) is 17.8 Å². The minimum Gasteiger partial charge on any atom is -0.496 e. The van der Waals surface area contributed by atoms with E-state index in [1.165, 1.54) is 12.1 Å². The molecule has 30 heavy (non-hydrogen) atoms. The molecule has 1 amide bonds. The fourth-order valence-corrected chi connectivity index (χ4v) is 3.92. The summed E-state index contributed by atoms with van der Waals surface area (Å²) in [6, 6.07) is 12.5. The Hall–Kier alpha value is -2.44. The quantitative estimate of drug-likeness (QED) is 0.630. The lowest BCUT2D eigenvalue weighted by Crippen LogP contribution is -2.49. The van der Waals surface area contributed by atoms with Crippen molar-refractivity contribution < 1.29 is 18.7 Å². The largest absolute Gasteiger partial charge is 0.496 e. The highest BCUT2D eigenvalue weighted by Crippen LogP contribution is 2.31. The first-order chi connectivity index (χ1) is 14.6. The van der Waals surface area contributed by atoms with Crippen LogP contribution in [0.4, 0.5) is 4.39 Å². The highest BCUT2D eigenvalue weighted by atomic mass is 19.1. The van der Waals surface area contributed by atoms with Gasteiger partial charge in [0.2, 0.25) is 5.91 Å². The monoisotopic (exact) mass is 414 g/mol. The van der Waals surface area contributed by atoms with Crippen molar-refractivity contribution in [2.45, 2.75) is 38.8 Å². The van der Waals surface area contributed by atoms with E-state index in [1.807, 2.05) is 31.2 Å². The normalized spacial score (nSPS) is 17.0. The molecule has 1 aliphatic heterocycles. The molecule has 0 aromatic heterocycles. The zero-order valence-corrected chi connectivity index (χ0v) is 17.8. The van der Waals surface area contributed by atoms with Crippen molar-refractivity contribution in [1.82, 2.24) is 10.2 Å². The number of amides is 1. The fraction of sp³-hybridized carbons (Fsp3) is 0.458. The predicted molar refractivity (Wildman–Crippen MR) is 116 cm³/mol. The molecule has 0 radical (unpaired) electrons. The number of hydrogen-bond donors (Lipinski definition) is 1. The Morgan fingerprint density at radius 1 is 1.20 bits per heavy atom. The molecule has 5 nitrogen and oxygen atoms in total. The van der Waals surface area contributed by atoms with E-state index in [0.717, 1.165) is 42.5 Å². The van der Waals surface area contributed by atoms with Crippen LogP contribution in [0.2, 0.25) is 0 Å². The Labute approximate surface area is 178 Å². The first-order valence-electron chi connectivity index (χ1n) is 10.6. The predicted octanol–water partition coefficient (Wildman–Crippen LogP) is 4.01. The van der Waals surface area contributed by atoms with Gasteiger partial charge in [-0.15, -0.1) is 0 Å². The lowest BCUT2D eigenvalue weighted by molar-refractivity contribution is -0.128. The summed E-state index contributed by atoms with van der Waals surface area (Å²) in [5.74, 6) is 0.431. The zero-order valence-electron chi connectivity index (χ0n) is 17.8. The molecule has 2 aromatic rings. The molecule has 162 valence electrons. The van der Waals surface area contributed by atoms with Crippen LogP contribution >= 0.6 is 0 Å². The van der Waals surface area contributed by atoms with Gasteiger partial charge in [-0.05, 0) is 55.6 Å². The van der Waals surface area contributed by atoms with Gasteiger partial charge in [0.25, 0.3) is 0 Å². The van der Waals surface area contributed by atoms with Crippen molar-refractivity contribution in [2.24, 2.45) is 0 Å². The van der Waals surface area contributed by atoms with Crippen molar-refractivity contribution in [3.63, 3.8) is 0 Å². The molecule has 2 aromatic carbocycles. The number of benzene rings is 2. The minimum atomic E-state index is -0.290. The molecule has 0 saturated carbocycles. The summed E-state index contributed by atoms with van der Waals surface area (Å²) < 4.78 is 24.4. The second-order valence-electron chi connectivity index (χ2n) is 7.51. The molecule has 1 heterocycles. The van der Waals surface area contributed by atoms with Crippen LogP contribution in [-0.4, -0.2) is 50.3 Å². The highest BCUT2D eigenvalue weighted by molar-refractivity contribution is 5.81. The van der Waals surface area contributed by atoms with Gasteiger partial charge in [0, 0.05) is 25.3 Å². The number of halogens is 1. The Bertz CT molecular complexity index is 826. The lowest BCUT2D eigenvalue weighted by atomic mass is 9.99. The maximum Gasteiger partial charge on any atom is 0.237 e. The number of ether oxygens (including phenoxy) is 2. The minimum absolute atomic E-state index is 0.0792. The number of carbonyl (C=O) groups excluding carboxylic acids is 1. The van der Waals surface area contributed by atoms with Crippen molar-refractivity contribution in [3.8, 4) is 16.9 Å². The standard InChI is InChI=1S/C24H31FN2O3/c1-3-30-15-13-26-24(28)22-6-4-5-14-27(22)17-18-7-9-19(10-8-18)21-16-20(25)11-12-23(21)29-2/h7-12,16,22H,3-6,13-15,17H2,1-2H3,(H,26,28). The number of likely N-dealkylation sites (tertiary alicyclic amines) is 1. The van der Waals surface area contributed by atoms with Gasteiger partial charge in [-0.25, -0.2) is 4.39 Å². The number of carbonyl (C=O) groups is 1.